The number of aromatic nitrogens is 2. The first kappa shape index (κ1) is 48.7. The Kier molecular flexibility index (Phi) is 12.8. The highest BCUT2D eigenvalue weighted by molar-refractivity contribution is 6.59. The Hall–Kier alpha value is -8.97. The first-order valence-electron chi connectivity index (χ1n) is 26.9. The summed E-state index contributed by atoms with van der Waals surface area (Å²) in [6.07, 6.45) is 1.99. The molecule has 0 unspecified atom stereocenters. The summed E-state index contributed by atoms with van der Waals surface area (Å²) in [6.45, 7) is 4.00. The van der Waals surface area contributed by atoms with Crippen molar-refractivity contribution in [3.63, 3.8) is 0 Å². The molecule has 16 rings (SSSR count). The van der Waals surface area contributed by atoms with Crippen LogP contribution >= 0.6 is 11.6 Å². The van der Waals surface area contributed by atoms with Gasteiger partial charge >= 0.3 is 7.12 Å². The van der Waals surface area contributed by atoms with E-state index >= 15 is 0 Å². The molecule has 0 radical (unpaired) electrons. The van der Waals surface area contributed by atoms with E-state index in [1.807, 2.05) is 74.5 Å². The summed E-state index contributed by atoms with van der Waals surface area (Å²) in [7, 11) is -1.47. The quantitative estimate of drug-likeness (QED) is 0.173. The number of hydrogen-bond acceptors (Lipinski definition) is 2. The first-order chi connectivity index (χ1) is 38.4. The third-order valence-corrected chi connectivity index (χ3v) is 15.8. The van der Waals surface area contributed by atoms with Crippen molar-refractivity contribution >= 4 is 89.3 Å². The van der Waals surface area contributed by atoms with Crippen molar-refractivity contribution in [2.24, 2.45) is 0 Å². The smallest absolute Gasteiger partial charge is 0.423 e. The average Bonchev–Trinajstić information content (AvgIpc) is 4.26. The number of hydrogen-bond donors (Lipinski definition) is 2. The minimum Gasteiger partial charge on any atom is -0.423 e. The van der Waals surface area contributed by atoms with E-state index in [9.17, 15) is 10.0 Å². The Labute approximate surface area is 459 Å². The molecule has 12 aromatic carbocycles. The third kappa shape index (κ3) is 8.54. The second kappa shape index (κ2) is 20.5. The van der Waals surface area contributed by atoms with Gasteiger partial charge in [-0.1, -0.05) is 220 Å². The molecule has 2 heterocycles. The summed E-state index contributed by atoms with van der Waals surface area (Å²) in [5, 5.41) is 29.9. The Balaban J connectivity index is 0.000000118. The van der Waals surface area contributed by atoms with E-state index in [1.54, 1.807) is 6.07 Å². The van der Waals surface area contributed by atoms with Gasteiger partial charge in [-0.3, -0.25) is 0 Å². The van der Waals surface area contributed by atoms with Crippen LogP contribution in [0.5, 0.6) is 0 Å². The zero-order valence-electron chi connectivity index (χ0n) is 43.4. The van der Waals surface area contributed by atoms with Crippen LogP contribution in [0.2, 0.25) is 5.02 Å². The van der Waals surface area contributed by atoms with Crippen LogP contribution in [0.4, 0.5) is 0 Å². The van der Waals surface area contributed by atoms with Crippen LogP contribution in [0.3, 0.4) is 0 Å². The van der Waals surface area contributed by atoms with Crippen molar-refractivity contribution in [3.8, 4) is 44.8 Å². The molecule has 374 valence electrons. The van der Waals surface area contributed by atoms with Crippen molar-refractivity contribution in [3.05, 3.63) is 282 Å². The molecule has 0 atom stereocenters. The maximum absolute atomic E-state index is 9.47. The van der Waals surface area contributed by atoms with Crippen LogP contribution in [0, 0.1) is 0 Å². The fourth-order valence-electron chi connectivity index (χ4n) is 12.1. The summed E-state index contributed by atoms with van der Waals surface area (Å²) in [6, 6.07) is 89.8. The normalized spacial score (nSPS) is 11.8. The van der Waals surface area contributed by atoms with Gasteiger partial charge in [-0.05, 0) is 156 Å². The lowest BCUT2D eigenvalue weighted by atomic mass is 9.80. The van der Waals surface area contributed by atoms with E-state index in [0.717, 1.165) is 45.4 Å². The standard InChI is InChI=1S/C35H23N.C18H14BNO2.C17H11Cl.C2H6/c1-2-9-28(10-3-1)36-33-13-7-6-12-31(33)32-19-17-25(22-34(32)36)24-16-18-30-27(20-24)21-26-15-14-23-8-4-5-11-29(23)35(26)30;21-19(22)13-10-11-16-15-8-4-5-9-17(15)20(18(16)12-13)14-6-2-1-3-7-14;18-14-7-8-16-13(10-14)9-12-6-5-11-3-1-2-4-15(11)17(12)16;1-2/h1-20,22H,21H2;1-12,21-22H;1-8,10H,9H2;1-2H3. The monoisotopic (exact) mass is 1020 g/mol. The van der Waals surface area contributed by atoms with E-state index in [1.165, 1.54) is 105 Å². The molecule has 78 heavy (non-hydrogen) atoms. The van der Waals surface area contributed by atoms with Crippen LogP contribution < -0.4 is 5.46 Å². The van der Waals surface area contributed by atoms with Gasteiger partial charge in [0.2, 0.25) is 0 Å². The predicted molar refractivity (Wildman–Crippen MR) is 331 cm³/mol. The molecule has 2 aromatic heterocycles. The summed E-state index contributed by atoms with van der Waals surface area (Å²) in [5.41, 5.74) is 21.0. The second-order valence-corrected chi connectivity index (χ2v) is 20.4. The number of halogens is 1. The van der Waals surface area contributed by atoms with E-state index in [2.05, 4.69) is 197 Å². The Morgan fingerprint density at radius 3 is 1.32 bits per heavy atom. The lowest BCUT2D eigenvalue weighted by Crippen LogP contribution is -2.29. The van der Waals surface area contributed by atoms with Gasteiger partial charge in [0, 0.05) is 37.9 Å². The van der Waals surface area contributed by atoms with Crippen molar-refractivity contribution in [2.75, 3.05) is 0 Å². The number of para-hydroxylation sites is 4. The minimum absolute atomic E-state index is 0.493. The second-order valence-electron chi connectivity index (χ2n) is 19.9. The molecule has 0 aliphatic heterocycles. The first-order valence-corrected chi connectivity index (χ1v) is 27.3. The molecule has 0 spiro atoms. The van der Waals surface area contributed by atoms with Gasteiger partial charge in [0.25, 0.3) is 0 Å². The molecule has 0 saturated carbocycles. The molecule has 2 aliphatic carbocycles. The van der Waals surface area contributed by atoms with Crippen molar-refractivity contribution in [1.29, 1.82) is 0 Å². The highest BCUT2D eigenvalue weighted by Gasteiger charge is 2.23. The summed E-state index contributed by atoms with van der Waals surface area (Å²) < 4.78 is 4.54. The SMILES string of the molecule is CC.Clc1ccc2c(c1)Cc1ccc3ccccc3c1-2.OB(O)c1ccc2c3ccccc3n(-c3ccccc3)c2c1.c1ccc(-n2c3ccccc3c3ccc(-c4ccc5c(c4)Cc4ccc6ccccc6c4-5)cc32)cc1. The van der Waals surface area contributed by atoms with Crippen LogP contribution in [0.25, 0.3) is 110 Å². The molecule has 0 fully saturated rings. The highest BCUT2D eigenvalue weighted by Crippen LogP contribution is 2.45. The van der Waals surface area contributed by atoms with Crippen LogP contribution in [0.15, 0.2) is 255 Å². The van der Waals surface area contributed by atoms with Gasteiger partial charge in [-0.25, -0.2) is 0 Å². The fourth-order valence-corrected chi connectivity index (χ4v) is 12.3. The van der Waals surface area contributed by atoms with E-state index < -0.39 is 7.12 Å². The van der Waals surface area contributed by atoms with Gasteiger partial charge in [0.15, 0.2) is 0 Å². The molecule has 0 bridgehead atoms. The summed E-state index contributed by atoms with van der Waals surface area (Å²) in [4.78, 5) is 0. The van der Waals surface area contributed by atoms with Gasteiger partial charge < -0.3 is 19.2 Å². The molecule has 6 heteroatoms. The highest BCUT2D eigenvalue weighted by atomic mass is 35.5. The molecular formula is C72H54BClN2O2. The Morgan fingerprint density at radius 1 is 0.346 bits per heavy atom. The van der Waals surface area contributed by atoms with Crippen LogP contribution in [-0.4, -0.2) is 26.3 Å². The lowest BCUT2D eigenvalue weighted by Gasteiger charge is -2.10. The molecular weight excluding hydrogens is 971 g/mol. The maximum Gasteiger partial charge on any atom is 0.488 e. The molecule has 4 nitrogen and oxygen atoms in total. The van der Waals surface area contributed by atoms with E-state index in [4.69, 9.17) is 11.6 Å². The lowest BCUT2D eigenvalue weighted by molar-refractivity contribution is 0.426. The van der Waals surface area contributed by atoms with Crippen LogP contribution in [0.1, 0.15) is 36.1 Å². The molecule has 14 aromatic rings. The number of rotatable bonds is 4. The molecule has 2 N–H and O–H groups in total. The minimum atomic E-state index is -1.47. The molecule has 2 aliphatic rings. The number of fused-ring (bicyclic) bond motifs is 16. The van der Waals surface area contributed by atoms with Gasteiger partial charge in [0.05, 0.1) is 22.1 Å². The number of benzene rings is 12. The topological polar surface area (TPSA) is 50.3 Å². The van der Waals surface area contributed by atoms with Crippen LogP contribution in [-0.2, 0) is 12.8 Å². The number of nitrogens with zero attached hydrogens (tertiary/aromatic N) is 2. The van der Waals surface area contributed by atoms with Gasteiger partial charge in [-0.15, -0.1) is 0 Å². The zero-order valence-corrected chi connectivity index (χ0v) is 44.2. The van der Waals surface area contributed by atoms with Crippen molar-refractivity contribution < 1.29 is 10.0 Å². The zero-order chi connectivity index (χ0) is 52.9. The average molecular weight is 1030 g/mol. The Morgan fingerprint density at radius 2 is 0.769 bits per heavy atom. The van der Waals surface area contributed by atoms with Crippen molar-refractivity contribution in [1.82, 2.24) is 9.13 Å². The van der Waals surface area contributed by atoms with E-state index in [-0.39, 0.29) is 0 Å². The largest absolute Gasteiger partial charge is 0.488 e. The van der Waals surface area contributed by atoms with Gasteiger partial charge in [0.1, 0.15) is 0 Å². The maximum atomic E-state index is 9.47. The van der Waals surface area contributed by atoms with E-state index in [0.29, 0.717) is 5.46 Å². The predicted octanol–water partition coefficient (Wildman–Crippen LogP) is 17.7. The summed E-state index contributed by atoms with van der Waals surface area (Å²) >= 11 is 6.08. The van der Waals surface area contributed by atoms with Crippen molar-refractivity contribution in [2.45, 2.75) is 26.7 Å². The summed E-state index contributed by atoms with van der Waals surface area (Å²) in [5.74, 6) is 0. The fraction of sp³-hybridized carbons (Fsp3) is 0.0556. The molecule has 0 amide bonds. The van der Waals surface area contributed by atoms with Gasteiger partial charge in [-0.2, -0.15) is 0 Å². The Bertz CT molecular complexity index is 4580. The third-order valence-electron chi connectivity index (χ3n) is 15.5. The molecule has 0 saturated heterocycles.